The van der Waals surface area contributed by atoms with Gasteiger partial charge in [-0.3, -0.25) is 0 Å². The summed E-state index contributed by atoms with van der Waals surface area (Å²) in [5.41, 5.74) is 4.50. The van der Waals surface area contributed by atoms with Crippen LogP contribution in [0.5, 0.6) is 5.75 Å². The van der Waals surface area contributed by atoms with Crippen molar-refractivity contribution in [2.45, 2.75) is 90.4 Å². The van der Waals surface area contributed by atoms with Gasteiger partial charge in [-0.1, -0.05) is 57.2 Å². The van der Waals surface area contributed by atoms with Crippen molar-refractivity contribution in [3.8, 4) is 5.75 Å². The molecule has 4 rings (SSSR count). The molecule has 0 amide bonds. The van der Waals surface area contributed by atoms with E-state index in [2.05, 4.69) is 76.2 Å². The second kappa shape index (κ2) is 9.43. The van der Waals surface area contributed by atoms with Gasteiger partial charge in [0.05, 0.1) is 25.4 Å². The summed E-state index contributed by atoms with van der Waals surface area (Å²) in [4.78, 5) is 0. The molecule has 2 aromatic rings. The van der Waals surface area contributed by atoms with Crippen LogP contribution in [0.25, 0.3) is 0 Å². The highest BCUT2D eigenvalue weighted by molar-refractivity contribution is 5.44. The topological polar surface area (TPSA) is 38.7 Å². The van der Waals surface area contributed by atoms with Crippen molar-refractivity contribution in [1.29, 1.82) is 0 Å². The van der Waals surface area contributed by atoms with Crippen LogP contribution >= 0.6 is 0 Å². The van der Waals surface area contributed by atoms with E-state index in [1.807, 2.05) is 6.92 Å². The summed E-state index contributed by atoms with van der Waals surface area (Å²) in [6.07, 6.45) is 4.96. The number of aliphatic hydroxyl groups is 1. The van der Waals surface area contributed by atoms with E-state index >= 15 is 0 Å². The Morgan fingerprint density at radius 3 is 2.42 bits per heavy atom. The normalized spacial score (nSPS) is 28.8. The van der Waals surface area contributed by atoms with Gasteiger partial charge in [0, 0.05) is 0 Å². The van der Waals surface area contributed by atoms with Gasteiger partial charge >= 0.3 is 0 Å². The highest BCUT2D eigenvalue weighted by atomic mass is 16.5. The van der Waals surface area contributed by atoms with Crippen molar-refractivity contribution in [2.75, 3.05) is 7.11 Å². The molecule has 0 saturated heterocycles. The Kier molecular flexibility index (Phi) is 6.94. The van der Waals surface area contributed by atoms with Crippen LogP contribution in [0.4, 0.5) is 0 Å². The molecule has 0 bridgehead atoms. The van der Waals surface area contributed by atoms with E-state index in [-0.39, 0.29) is 29.1 Å². The summed E-state index contributed by atoms with van der Waals surface area (Å²) < 4.78 is 12.4. The van der Waals surface area contributed by atoms with Gasteiger partial charge in [0.25, 0.3) is 0 Å². The molecule has 1 fully saturated rings. The maximum Gasteiger partial charge on any atom is 0.119 e. The zero-order valence-electron chi connectivity index (χ0n) is 21.3. The third-order valence-corrected chi connectivity index (χ3v) is 8.78. The Hall–Kier alpha value is -1.84. The van der Waals surface area contributed by atoms with Crippen LogP contribution in [0.3, 0.4) is 0 Å². The van der Waals surface area contributed by atoms with Crippen LogP contribution in [-0.2, 0) is 16.6 Å². The van der Waals surface area contributed by atoms with Gasteiger partial charge in [0.1, 0.15) is 5.75 Å². The maximum atomic E-state index is 9.95. The molecule has 0 radical (unpaired) electrons. The number of fused-ring (bicyclic) bond motifs is 3. The minimum absolute atomic E-state index is 0.00987. The van der Waals surface area contributed by atoms with Crippen molar-refractivity contribution < 1.29 is 14.6 Å². The van der Waals surface area contributed by atoms with Crippen LogP contribution in [0.2, 0.25) is 0 Å². The lowest BCUT2D eigenvalue weighted by molar-refractivity contribution is -0.123. The van der Waals surface area contributed by atoms with Crippen molar-refractivity contribution in [3.63, 3.8) is 0 Å². The molecular weight excluding hydrogens is 408 g/mol. The quantitative estimate of drug-likeness (QED) is 0.500. The second-order valence-electron chi connectivity index (χ2n) is 11.4. The van der Waals surface area contributed by atoms with Gasteiger partial charge < -0.3 is 14.6 Å². The van der Waals surface area contributed by atoms with Crippen molar-refractivity contribution >= 4 is 0 Å². The lowest BCUT2D eigenvalue weighted by Gasteiger charge is -2.59. The average Bonchev–Trinajstić information content (AvgIpc) is 2.77. The Morgan fingerprint density at radius 2 is 1.76 bits per heavy atom. The van der Waals surface area contributed by atoms with Crippen molar-refractivity contribution in [1.82, 2.24) is 0 Å². The number of aryl methyl sites for hydroxylation is 1. The maximum absolute atomic E-state index is 9.95. The number of hydrogen-bond donors (Lipinski definition) is 1. The monoisotopic (exact) mass is 450 g/mol. The lowest BCUT2D eigenvalue weighted by Crippen LogP contribution is -2.53. The fraction of sp³-hybridized carbons (Fsp3) is 0.600. The SMILES string of the molecule is COc1ccc2c(c1)[C@]1(C)CC[C@H](C(O[C@H](C)C[C@@H](C)O)c3ccccc3)C(C)(C)[C@H]1CC2. The molecular formula is C30H42O3. The predicted molar refractivity (Wildman–Crippen MR) is 135 cm³/mol. The molecule has 2 aromatic carbocycles. The van der Waals surface area contributed by atoms with E-state index in [0.29, 0.717) is 18.3 Å². The van der Waals surface area contributed by atoms with Crippen molar-refractivity contribution in [2.24, 2.45) is 17.3 Å². The van der Waals surface area contributed by atoms with Crippen LogP contribution in [-0.4, -0.2) is 24.4 Å². The predicted octanol–water partition coefficient (Wildman–Crippen LogP) is 6.87. The minimum atomic E-state index is -0.357. The summed E-state index contributed by atoms with van der Waals surface area (Å²) in [5, 5.41) is 9.95. The third kappa shape index (κ3) is 4.59. The molecule has 3 nitrogen and oxygen atoms in total. The first kappa shape index (κ1) is 24.3. The van der Waals surface area contributed by atoms with Crippen LogP contribution in [0.1, 0.15) is 83.1 Å². The Balaban J connectivity index is 1.69. The van der Waals surface area contributed by atoms with Gasteiger partial charge in [0.2, 0.25) is 0 Å². The van der Waals surface area contributed by atoms with Gasteiger partial charge in [-0.25, -0.2) is 0 Å². The fourth-order valence-electron chi connectivity index (χ4n) is 7.20. The van der Waals surface area contributed by atoms with Gasteiger partial charge in [-0.2, -0.15) is 0 Å². The van der Waals surface area contributed by atoms with Gasteiger partial charge in [-0.15, -0.1) is 0 Å². The van der Waals surface area contributed by atoms with Crippen LogP contribution in [0, 0.1) is 17.3 Å². The molecule has 0 aliphatic heterocycles. The molecule has 1 N–H and O–H groups in total. The van der Waals surface area contributed by atoms with Crippen molar-refractivity contribution in [3.05, 3.63) is 65.2 Å². The molecule has 1 unspecified atom stereocenters. The Morgan fingerprint density at radius 1 is 1.03 bits per heavy atom. The van der Waals surface area contributed by atoms with E-state index in [0.717, 1.165) is 25.0 Å². The first-order valence-corrected chi connectivity index (χ1v) is 12.7. The molecule has 2 aliphatic rings. The number of aliphatic hydroxyl groups excluding tert-OH is 1. The van der Waals surface area contributed by atoms with E-state index in [1.165, 1.54) is 23.1 Å². The zero-order chi connectivity index (χ0) is 23.8. The van der Waals surface area contributed by atoms with E-state index in [1.54, 1.807) is 7.11 Å². The second-order valence-corrected chi connectivity index (χ2v) is 11.4. The first-order chi connectivity index (χ1) is 15.7. The van der Waals surface area contributed by atoms with Crippen LogP contribution in [0.15, 0.2) is 48.5 Å². The molecule has 0 spiro atoms. The average molecular weight is 451 g/mol. The van der Waals surface area contributed by atoms with Gasteiger partial charge in [0.15, 0.2) is 0 Å². The van der Waals surface area contributed by atoms with E-state index < -0.39 is 0 Å². The molecule has 2 aliphatic carbocycles. The summed E-state index contributed by atoms with van der Waals surface area (Å²) >= 11 is 0. The summed E-state index contributed by atoms with van der Waals surface area (Å²) in [5.74, 6) is 1.96. The van der Waals surface area contributed by atoms with Gasteiger partial charge in [-0.05, 0) is 97.4 Å². The lowest BCUT2D eigenvalue weighted by atomic mass is 9.46. The van der Waals surface area contributed by atoms with E-state index in [9.17, 15) is 5.11 Å². The highest BCUT2D eigenvalue weighted by Crippen LogP contribution is 2.62. The number of benzene rings is 2. The first-order valence-electron chi connectivity index (χ1n) is 12.7. The molecule has 180 valence electrons. The summed E-state index contributed by atoms with van der Waals surface area (Å²) in [7, 11) is 1.77. The summed E-state index contributed by atoms with van der Waals surface area (Å²) in [6.45, 7) is 11.4. The van der Waals surface area contributed by atoms with E-state index in [4.69, 9.17) is 9.47 Å². The molecule has 33 heavy (non-hydrogen) atoms. The van der Waals surface area contributed by atoms with Crippen LogP contribution < -0.4 is 4.74 Å². The molecule has 6 atom stereocenters. The number of hydrogen-bond acceptors (Lipinski definition) is 3. The standard InChI is InChI=1S/C30H42O3/c1-20(31)18-21(2)33-28(23-10-8-7-9-11-23)25-16-17-30(5)26-19-24(32-6)14-12-22(26)13-15-27(30)29(25,3)4/h7-12,14,19-21,25,27-28,31H,13,15-18H2,1-6H3/t20-,21-,25-,27-,28?,30+/m1/s1. The smallest absolute Gasteiger partial charge is 0.119 e. The number of ether oxygens (including phenoxy) is 2. The Bertz CT molecular complexity index is 935. The molecule has 0 aromatic heterocycles. The largest absolute Gasteiger partial charge is 0.497 e. The molecule has 1 saturated carbocycles. The molecule has 3 heteroatoms. The third-order valence-electron chi connectivity index (χ3n) is 8.78. The Labute approximate surface area is 200 Å². The molecule has 0 heterocycles. The zero-order valence-corrected chi connectivity index (χ0v) is 21.3. The minimum Gasteiger partial charge on any atom is -0.497 e. The number of methoxy groups -OCH3 is 1. The summed E-state index contributed by atoms with van der Waals surface area (Å²) in [6, 6.07) is 17.4. The fourth-order valence-corrected chi connectivity index (χ4v) is 7.20. The number of rotatable bonds is 7. The highest BCUT2D eigenvalue weighted by Gasteiger charge is 2.55.